The zero-order valence-corrected chi connectivity index (χ0v) is 21.0. The van der Waals surface area contributed by atoms with Gasteiger partial charge in [0.2, 0.25) is 5.43 Å². The molecule has 1 aliphatic heterocycles. The average molecular weight is 475 g/mol. The Morgan fingerprint density at radius 2 is 1.69 bits per heavy atom. The Morgan fingerprint density at radius 1 is 1.03 bits per heavy atom. The van der Waals surface area contributed by atoms with E-state index in [0.717, 1.165) is 42.9 Å². The van der Waals surface area contributed by atoms with E-state index in [0.29, 0.717) is 6.54 Å². The summed E-state index contributed by atoms with van der Waals surface area (Å²) in [7, 11) is 1.60. The fraction of sp³-hybridized carbons (Fsp3) is 0.393. The zero-order chi connectivity index (χ0) is 25.0. The van der Waals surface area contributed by atoms with Crippen LogP contribution in [-0.2, 0) is 5.41 Å². The van der Waals surface area contributed by atoms with Gasteiger partial charge in [-0.05, 0) is 66.7 Å². The monoisotopic (exact) mass is 474 g/mol. The fourth-order valence-electron chi connectivity index (χ4n) is 4.43. The predicted molar refractivity (Wildman–Crippen MR) is 137 cm³/mol. The molecule has 1 N–H and O–H groups in total. The van der Waals surface area contributed by atoms with Crippen LogP contribution in [0.15, 0.2) is 65.6 Å². The highest BCUT2D eigenvalue weighted by Crippen LogP contribution is 2.28. The molecule has 1 unspecified atom stereocenters. The lowest BCUT2D eigenvalue weighted by atomic mass is 9.86. The number of rotatable bonds is 7. The van der Waals surface area contributed by atoms with Gasteiger partial charge < -0.3 is 10.1 Å². The molecule has 7 nitrogen and oxygen atoms in total. The van der Waals surface area contributed by atoms with E-state index in [4.69, 9.17) is 4.74 Å². The van der Waals surface area contributed by atoms with Crippen LogP contribution in [0.4, 0.5) is 0 Å². The van der Waals surface area contributed by atoms with Crippen molar-refractivity contribution in [2.45, 2.75) is 45.1 Å². The van der Waals surface area contributed by atoms with E-state index >= 15 is 0 Å². The van der Waals surface area contributed by atoms with Gasteiger partial charge in [0.05, 0.1) is 18.8 Å². The molecule has 4 rings (SSSR count). The SMILES string of the molecule is COc1ccc(-n2ccc(=O)c(C(=O)NCC(c3ccc(C(C)(C)C)cc3)N3CCCC3)n2)cc1. The normalized spacial score (nSPS) is 15.1. The summed E-state index contributed by atoms with van der Waals surface area (Å²) in [6, 6.07) is 17.3. The molecule has 1 atom stereocenters. The van der Waals surface area contributed by atoms with E-state index in [1.165, 1.54) is 16.3 Å². The van der Waals surface area contributed by atoms with E-state index in [9.17, 15) is 9.59 Å². The van der Waals surface area contributed by atoms with Gasteiger partial charge in [-0.25, -0.2) is 4.68 Å². The molecule has 0 bridgehead atoms. The number of nitrogens with zero attached hydrogens (tertiary/aromatic N) is 3. The van der Waals surface area contributed by atoms with Crippen LogP contribution in [0.1, 0.15) is 61.3 Å². The highest BCUT2D eigenvalue weighted by Gasteiger charge is 2.25. The number of hydrogen-bond donors (Lipinski definition) is 1. The van der Waals surface area contributed by atoms with E-state index in [1.54, 1.807) is 25.4 Å². The highest BCUT2D eigenvalue weighted by atomic mass is 16.5. The van der Waals surface area contributed by atoms with Gasteiger partial charge in [-0.3, -0.25) is 14.5 Å². The summed E-state index contributed by atoms with van der Waals surface area (Å²) >= 11 is 0. The fourth-order valence-corrected chi connectivity index (χ4v) is 4.43. The number of amides is 1. The number of aromatic nitrogens is 2. The van der Waals surface area contributed by atoms with Crippen molar-refractivity contribution in [3.63, 3.8) is 0 Å². The van der Waals surface area contributed by atoms with Gasteiger partial charge in [0.25, 0.3) is 5.91 Å². The van der Waals surface area contributed by atoms with E-state index in [1.807, 2.05) is 12.1 Å². The summed E-state index contributed by atoms with van der Waals surface area (Å²) in [5, 5.41) is 7.30. The summed E-state index contributed by atoms with van der Waals surface area (Å²) in [6.07, 6.45) is 3.86. The van der Waals surface area contributed by atoms with Crippen molar-refractivity contribution in [2.24, 2.45) is 0 Å². The topological polar surface area (TPSA) is 76.5 Å². The highest BCUT2D eigenvalue weighted by molar-refractivity contribution is 5.92. The van der Waals surface area contributed by atoms with Gasteiger partial charge >= 0.3 is 0 Å². The van der Waals surface area contributed by atoms with Crippen molar-refractivity contribution in [3.05, 3.63) is 87.8 Å². The molecule has 35 heavy (non-hydrogen) atoms. The van der Waals surface area contributed by atoms with Crippen molar-refractivity contribution in [1.82, 2.24) is 20.0 Å². The number of hydrogen-bond acceptors (Lipinski definition) is 5. The van der Waals surface area contributed by atoms with E-state index in [2.05, 4.69) is 60.4 Å². The van der Waals surface area contributed by atoms with Gasteiger partial charge in [-0.1, -0.05) is 45.0 Å². The van der Waals surface area contributed by atoms with Gasteiger partial charge in [0.15, 0.2) is 5.69 Å². The molecule has 2 heterocycles. The molecule has 0 aliphatic carbocycles. The minimum absolute atomic E-state index is 0.0444. The second-order valence-corrected chi connectivity index (χ2v) is 10.0. The number of carbonyl (C=O) groups excluding carboxylic acids is 1. The summed E-state index contributed by atoms with van der Waals surface area (Å²) in [6.45, 7) is 9.00. The molecule has 1 fully saturated rings. The van der Waals surface area contributed by atoms with Crippen molar-refractivity contribution < 1.29 is 9.53 Å². The lowest BCUT2D eigenvalue weighted by Crippen LogP contribution is -2.39. The molecule has 184 valence electrons. The first-order valence-electron chi connectivity index (χ1n) is 12.1. The Balaban J connectivity index is 1.53. The Hall–Kier alpha value is -3.45. The summed E-state index contributed by atoms with van der Waals surface area (Å²) < 4.78 is 6.72. The molecule has 1 saturated heterocycles. The van der Waals surface area contributed by atoms with Crippen LogP contribution in [0.25, 0.3) is 5.69 Å². The largest absolute Gasteiger partial charge is 0.497 e. The van der Waals surface area contributed by atoms with Crippen LogP contribution in [0, 0.1) is 0 Å². The number of methoxy groups -OCH3 is 1. The molecule has 1 aromatic heterocycles. The standard InChI is InChI=1S/C28H34N4O3/c1-28(2,3)21-9-7-20(8-10-21)24(31-16-5-6-17-31)19-29-27(34)26-25(33)15-18-32(30-26)22-11-13-23(35-4)14-12-22/h7-15,18,24H,5-6,16-17,19H2,1-4H3,(H,29,34). The smallest absolute Gasteiger partial charge is 0.275 e. The average Bonchev–Trinajstić information content (AvgIpc) is 3.39. The third kappa shape index (κ3) is 5.80. The van der Waals surface area contributed by atoms with Crippen LogP contribution < -0.4 is 15.5 Å². The number of carbonyl (C=O) groups is 1. The molecular weight excluding hydrogens is 440 g/mol. The van der Waals surface area contributed by atoms with Crippen LogP contribution in [0.2, 0.25) is 0 Å². The Bertz CT molecular complexity index is 1200. The lowest BCUT2D eigenvalue weighted by molar-refractivity contribution is 0.0930. The minimum atomic E-state index is -0.464. The van der Waals surface area contributed by atoms with Crippen molar-refractivity contribution in [3.8, 4) is 11.4 Å². The molecule has 0 radical (unpaired) electrons. The van der Waals surface area contributed by atoms with Gasteiger partial charge in [0.1, 0.15) is 5.75 Å². The molecule has 0 spiro atoms. The van der Waals surface area contributed by atoms with Crippen molar-refractivity contribution in [1.29, 1.82) is 0 Å². The zero-order valence-electron chi connectivity index (χ0n) is 21.0. The number of benzene rings is 2. The maximum absolute atomic E-state index is 13.1. The van der Waals surface area contributed by atoms with Crippen molar-refractivity contribution in [2.75, 3.05) is 26.7 Å². The second-order valence-electron chi connectivity index (χ2n) is 10.0. The Morgan fingerprint density at radius 3 is 2.29 bits per heavy atom. The Kier molecular flexibility index (Phi) is 7.36. The maximum Gasteiger partial charge on any atom is 0.275 e. The maximum atomic E-state index is 13.1. The van der Waals surface area contributed by atoms with Gasteiger partial charge in [0, 0.05) is 18.8 Å². The minimum Gasteiger partial charge on any atom is -0.497 e. The van der Waals surface area contributed by atoms with Crippen LogP contribution in [0.5, 0.6) is 5.75 Å². The van der Waals surface area contributed by atoms with Crippen LogP contribution >= 0.6 is 0 Å². The third-order valence-electron chi connectivity index (χ3n) is 6.56. The second kappa shape index (κ2) is 10.4. The molecule has 3 aromatic rings. The van der Waals surface area contributed by atoms with E-state index < -0.39 is 11.3 Å². The van der Waals surface area contributed by atoms with Crippen molar-refractivity contribution >= 4 is 5.91 Å². The van der Waals surface area contributed by atoms with Gasteiger partial charge in [-0.15, -0.1) is 0 Å². The summed E-state index contributed by atoms with van der Waals surface area (Å²) in [5.41, 5.74) is 2.73. The molecule has 2 aromatic carbocycles. The van der Waals surface area contributed by atoms with Gasteiger partial charge in [-0.2, -0.15) is 5.10 Å². The predicted octanol–water partition coefficient (Wildman–Crippen LogP) is 4.11. The number of nitrogens with one attached hydrogen (secondary N) is 1. The van der Waals surface area contributed by atoms with E-state index in [-0.39, 0.29) is 17.2 Å². The number of likely N-dealkylation sites (tertiary alicyclic amines) is 1. The molecular formula is C28H34N4O3. The molecule has 0 saturated carbocycles. The quantitative estimate of drug-likeness (QED) is 0.558. The molecule has 7 heteroatoms. The molecule has 1 aliphatic rings. The number of ether oxygens (including phenoxy) is 1. The summed E-state index contributed by atoms with van der Waals surface area (Å²) in [4.78, 5) is 27.9. The summed E-state index contributed by atoms with van der Waals surface area (Å²) in [5.74, 6) is 0.254. The first-order valence-corrected chi connectivity index (χ1v) is 12.1. The van der Waals surface area contributed by atoms with Crippen LogP contribution in [-0.4, -0.2) is 47.3 Å². The first kappa shape index (κ1) is 24.7. The molecule has 1 amide bonds. The third-order valence-corrected chi connectivity index (χ3v) is 6.56. The Labute approximate surface area is 206 Å². The van der Waals surface area contributed by atoms with Crippen LogP contribution in [0.3, 0.4) is 0 Å². The first-order chi connectivity index (χ1) is 16.8. The lowest BCUT2D eigenvalue weighted by Gasteiger charge is -2.29.